The van der Waals surface area contributed by atoms with Crippen LogP contribution < -0.4 is 5.32 Å². The maximum absolute atomic E-state index is 12.4. The van der Waals surface area contributed by atoms with Gasteiger partial charge in [-0.15, -0.1) is 0 Å². The number of hydrogen-bond acceptors (Lipinski definition) is 5. The van der Waals surface area contributed by atoms with Crippen LogP contribution in [0, 0.1) is 0 Å². The fourth-order valence-corrected chi connectivity index (χ4v) is 3.27. The smallest absolute Gasteiger partial charge is 0.263 e. The van der Waals surface area contributed by atoms with Crippen LogP contribution in [-0.4, -0.2) is 27.1 Å². The molecule has 0 aromatic carbocycles. The van der Waals surface area contributed by atoms with Gasteiger partial charge in [-0.2, -0.15) is 4.98 Å². The Kier molecular flexibility index (Phi) is 4.34. The summed E-state index contributed by atoms with van der Waals surface area (Å²) in [6, 6.07) is 4.07. The van der Waals surface area contributed by atoms with E-state index in [1.807, 2.05) is 12.1 Å². The zero-order chi connectivity index (χ0) is 17.2. The van der Waals surface area contributed by atoms with Gasteiger partial charge >= 0.3 is 0 Å². The number of pyridine rings is 1. The Morgan fingerprint density at radius 2 is 2.00 bits per heavy atom. The first-order chi connectivity index (χ1) is 12.2. The molecule has 25 heavy (non-hydrogen) atoms. The first-order valence-corrected chi connectivity index (χ1v) is 9.01. The van der Waals surface area contributed by atoms with E-state index < -0.39 is 0 Å². The molecule has 1 amide bonds. The fourth-order valence-electron chi connectivity index (χ4n) is 3.27. The second-order valence-corrected chi connectivity index (χ2v) is 6.95. The Balaban J connectivity index is 1.45. The molecule has 2 aromatic rings. The maximum Gasteiger partial charge on any atom is 0.263 e. The molecule has 6 nitrogen and oxygen atoms in total. The Morgan fingerprint density at radius 1 is 1.20 bits per heavy atom. The van der Waals surface area contributed by atoms with Crippen LogP contribution in [0.15, 0.2) is 29.4 Å². The van der Waals surface area contributed by atoms with Crippen LogP contribution in [0.5, 0.6) is 0 Å². The van der Waals surface area contributed by atoms with E-state index in [4.69, 9.17) is 4.52 Å². The van der Waals surface area contributed by atoms with Crippen LogP contribution in [0.3, 0.4) is 0 Å². The number of carbonyl (C=O) groups is 1. The fraction of sp³-hybridized carbons (Fsp3) is 0.474. The topological polar surface area (TPSA) is 80.9 Å². The summed E-state index contributed by atoms with van der Waals surface area (Å²) in [6.45, 7) is 3.83. The molecule has 2 saturated carbocycles. The quantitative estimate of drug-likeness (QED) is 0.844. The van der Waals surface area contributed by atoms with Gasteiger partial charge in [-0.05, 0) is 37.8 Å². The molecular weight excluding hydrogens is 316 g/mol. The third-order valence-corrected chi connectivity index (χ3v) is 4.93. The second-order valence-electron chi connectivity index (χ2n) is 6.95. The van der Waals surface area contributed by atoms with E-state index in [2.05, 4.69) is 27.0 Å². The Bertz CT molecular complexity index is 788. The highest BCUT2D eigenvalue weighted by Crippen LogP contribution is 2.39. The van der Waals surface area contributed by atoms with Crippen molar-refractivity contribution in [3.63, 3.8) is 0 Å². The van der Waals surface area contributed by atoms with Crippen LogP contribution in [0.1, 0.15) is 62.4 Å². The first-order valence-electron chi connectivity index (χ1n) is 9.01. The lowest BCUT2D eigenvalue weighted by atomic mass is 9.95. The van der Waals surface area contributed by atoms with Gasteiger partial charge in [-0.3, -0.25) is 9.78 Å². The third-order valence-electron chi connectivity index (χ3n) is 4.93. The Morgan fingerprint density at radius 3 is 2.76 bits per heavy atom. The molecule has 0 saturated heterocycles. The molecule has 0 radical (unpaired) electrons. The molecule has 6 heteroatoms. The highest BCUT2D eigenvalue weighted by atomic mass is 16.5. The van der Waals surface area contributed by atoms with Gasteiger partial charge in [-0.25, -0.2) is 0 Å². The van der Waals surface area contributed by atoms with E-state index in [9.17, 15) is 4.79 Å². The molecule has 2 fully saturated rings. The van der Waals surface area contributed by atoms with Gasteiger partial charge in [0.15, 0.2) is 0 Å². The molecule has 2 heterocycles. The summed E-state index contributed by atoms with van der Waals surface area (Å²) < 4.78 is 5.27. The summed E-state index contributed by atoms with van der Waals surface area (Å²) in [5.41, 5.74) is 2.14. The summed E-state index contributed by atoms with van der Waals surface area (Å²) in [7, 11) is 0. The molecule has 2 aromatic heterocycles. The molecule has 4 rings (SSSR count). The van der Waals surface area contributed by atoms with E-state index in [1.54, 1.807) is 6.20 Å². The number of rotatable bonds is 5. The van der Waals surface area contributed by atoms with Gasteiger partial charge in [0.1, 0.15) is 0 Å². The van der Waals surface area contributed by atoms with E-state index >= 15 is 0 Å². The lowest BCUT2D eigenvalue weighted by Gasteiger charge is -2.22. The third kappa shape index (κ3) is 3.62. The lowest BCUT2D eigenvalue weighted by molar-refractivity contribution is -0.116. The van der Waals surface area contributed by atoms with Gasteiger partial charge in [0.2, 0.25) is 5.82 Å². The van der Waals surface area contributed by atoms with Gasteiger partial charge in [0, 0.05) is 29.4 Å². The summed E-state index contributed by atoms with van der Waals surface area (Å²) in [4.78, 5) is 21.1. The zero-order valence-electron chi connectivity index (χ0n) is 14.2. The zero-order valence-corrected chi connectivity index (χ0v) is 14.2. The number of hydrogen-bond donors (Lipinski definition) is 1. The van der Waals surface area contributed by atoms with Crippen molar-refractivity contribution in [2.45, 2.75) is 56.9 Å². The average Bonchev–Trinajstić information content (AvgIpc) is 3.39. The number of nitrogens with zero attached hydrogens (tertiary/aromatic N) is 3. The molecule has 0 atom stereocenters. The van der Waals surface area contributed by atoms with Crippen molar-refractivity contribution in [2.24, 2.45) is 0 Å². The standard InChI is InChI=1S/C19H22N4O2/c1-12(18(24)21-15-5-3-2-4-6-15)19-22-17(23-25-19)14-9-10-20-16(11-14)13-7-8-13/h9-11,13,15H,1-8H2,(H,21,24). The molecule has 0 bridgehead atoms. The van der Waals surface area contributed by atoms with Crippen molar-refractivity contribution in [2.75, 3.05) is 0 Å². The number of aromatic nitrogens is 3. The number of carbonyl (C=O) groups excluding carboxylic acids is 1. The summed E-state index contributed by atoms with van der Waals surface area (Å²) in [6.07, 6.45) is 9.75. The SMILES string of the molecule is C=C(C(=O)NC1CCCCC1)c1nc(-c2ccnc(C3CC3)c2)no1. The lowest BCUT2D eigenvalue weighted by Crippen LogP contribution is -2.36. The minimum atomic E-state index is -0.226. The molecule has 2 aliphatic rings. The monoisotopic (exact) mass is 338 g/mol. The van der Waals surface area contributed by atoms with Crippen molar-refractivity contribution in [3.05, 3.63) is 36.5 Å². The molecule has 1 N–H and O–H groups in total. The van der Waals surface area contributed by atoms with Crippen molar-refractivity contribution >= 4 is 11.5 Å². The number of amides is 1. The van der Waals surface area contributed by atoms with Crippen LogP contribution in [0.25, 0.3) is 17.0 Å². The predicted octanol–water partition coefficient (Wildman–Crippen LogP) is 3.47. The van der Waals surface area contributed by atoms with Crippen molar-refractivity contribution in [1.29, 1.82) is 0 Å². The van der Waals surface area contributed by atoms with Gasteiger partial charge in [0.05, 0.1) is 5.57 Å². The van der Waals surface area contributed by atoms with E-state index in [1.165, 1.54) is 19.3 Å². The summed E-state index contributed by atoms with van der Waals surface area (Å²) in [5.74, 6) is 0.970. The predicted molar refractivity (Wildman–Crippen MR) is 93.6 cm³/mol. The van der Waals surface area contributed by atoms with Gasteiger partial charge < -0.3 is 9.84 Å². The molecule has 0 spiro atoms. The van der Waals surface area contributed by atoms with Crippen LogP contribution in [0.2, 0.25) is 0 Å². The normalized spacial score (nSPS) is 18.1. The van der Waals surface area contributed by atoms with Crippen molar-refractivity contribution < 1.29 is 9.32 Å². The van der Waals surface area contributed by atoms with Crippen molar-refractivity contribution in [3.8, 4) is 11.4 Å². The van der Waals surface area contributed by atoms with Gasteiger partial charge in [0.25, 0.3) is 11.8 Å². The average molecular weight is 338 g/mol. The molecule has 130 valence electrons. The van der Waals surface area contributed by atoms with E-state index in [0.717, 1.165) is 36.9 Å². The first kappa shape index (κ1) is 16.0. The highest BCUT2D eigenvalue weighted by Gasteiger charge is 2.26. The summed E-state index contributed by atoms with van der Waals surface area (Å²) >= 11 is 0. The van der Waals surface area contributed by atoms with Crippen LogP contribution >= 0.6 is 0 Å². The minimum absolute atomic E-state index is 0.174. The van der Waals surface area contributed by atoms with Crippen LogP contribution in [0.4, 0.5) is 0 Å². The van der Waals surface area contributed by atoms with Crippen molar-refractivity contribution in [1.82, 2.24) is 20.4 Å². The Hall–Kier alpha value is -2.50. The van der Waals surface area contributed by atoms with Crippen LogP contribution in [-0.2, 0) is 4.79 Å². The Labute approximate surface area is 146 Å². The maximum atomic E-state index is 12.4. The summed E-state index contributed by atoms with van der Waals surface area (Å²) in [5, 5.41) is 7.03. The highest BCUT2D eigenvalue weighted by molar-refractivity contribution is 6.17. The largest absolute Gasteiger partial charge is 0.349 e. The second kappa shape index (κ2) is 6.78. The van der Waals surface area contributed by atoms with Gasteiger partial charge in [-0.1, -0.05) is 31.0 Å². The van der Waals surface area contributed by atoms with E-state index in [-0.39, 0.29) is 23.4 Å². The number of nitrogens with one attached hydrogen (secondary N) is 1. The molecule has 0 unspecified atom stereocenters. The molecule has 2 aliphatic carbocycles. The van der Waals surface area contributed by atoms with E-state index in [0.29, 0.717) is 11.7 Å². The molecule has 0 aliphatic heterocycles. The molecular formula is C19H22N4O2. The minimum Gasteiger partial charge on any atom is -0.349 e.